The number of methoxy groups -OCH3 is 2. The summed E-state index contributed by atoms with van der Waals surface area (Å²) < 4.78 is 52.7. The van der Waals surface area contributed by atoms with E-state index in [4.69, 9.17) is 33.8 Å². The van der Waals surface area contributed by atoms with Crippen molar-refractivity contribution in [2.45, 2.75) is 65.2 Å². The molecule has 0 atom stereocenters. The molecule has 1 aliphatic heterocycles. The molecule has 0 amide bonds. The minimum atomic E-state index is -3.67. The first kappa shape index (κ1) is 110. The highest BCUT2D eigenvalue weighted by molar-refractivity contribution is 14.1. The van der Waals surface area contributed by atoms with Gasteiger partial charge in [-0.25, -0.2) is 9.59 Å². The number of ether oxygens (including phenoxy) is 3. The molecule has 0 spiro atoms. The average molecular weight is 2460 g/mol. The van der Waals surface area contributed by atoms with Gasteiger partial charge in [0.1, 0.15) is 5.75 Å². The number of hydrogen-bond acceptors (Lipinski definition) is 14. The Balaban J connectivity index is 0.000000131. The minimum Gasteiger partial charge on any atom is -0.537 e. The van der Waals surface area contributed by atoms with Gasteiger partial charge in [-0.2, -0.15) is 8.42 Å². The second kappa shape index (κ2) is 49.2. The molecule has 0 unspecified atom stereocenters. The van der Waals surface area contributed by atoms with Gasteiger partial charge >= 0.3 is 26.7 Å². The van der Waals surface area contributed by atoms with Crippen LogP contribution in [-0.2, 0) is 41.6 Å². The Bertz CT molecular complexity index is 8110. The zero-order valence-electron chi connectivity index (χ0n) is 79.6. The zero-order chi connectivity index (χ0) is 103. The lowest BCUT2D eigenvalue weighted by Crippen LogP contribution is -2.31. The summed E-state index contributed by atoms with van der Waals surface area (Å²) in [6.07, 6.45) is 4.34. The number of fused-ring (bicyclic) bond motifs is 22. The van der Waals surface area contributed by atoms with Gasteiger partial charge in [0.25, 0.3) is 15.8 Å². The van der Waals surface area contributed by atoms with Crippen LogP contribution >= 0.6 is 118 Å². The summed E-state index contributed by atoms with van der Waals surface area (Å²) >= 11 is 23.2. The van der Waals surface area contributed by atoms with Crippen LogP contribution in [0.25, 0.3) is 120 Å². The van der Waals surface area contributed by atoms with Crippen LogP contribution in [0.1, 0.15) is 118 Å². The highest BCUT2D eigenvalue weighted by Gasteiger charge is 2.38. The summed E-state index contributed by atoms with van der Waals surface area (Å²) in [5.74, 6) is 0.183. The second-order valence-electron chi connectivity index (χ2n) is 35.3. The number of nitrogens with zero attached hydrogens (tertiary/aromatic N) is 1. The molecule has 26 heteroatoms. The van der Waals surface area contributed by atoms with Crippen LogP contribution in [0.3, 0.4) is 0 Å². The van der Waals surface area contributed by atoms with Crippen molar-refractivity contribution in [3.05, 3.63) is 460 Å². The van der Waals surface area contributed by atoms with Crippen molar-refractivity contribution < 1.29 is 66.2 Å². The van der Waals surface area contributed by atoms with Gasteiger partial charge in [-0.15, -0.1) is 0 Å². The topological polar surface area (TPSA) is 246 Å². The molecule has 19 aromatic carbocycles. The molecule has 735 valence electrons. The maximum absolute atomic E-state index is 12.4. The maximum atomic E-state index is 12.4. The summed E-state index contributed by atoms with van der Waals surface area (Å²) in [6.45, 7) is 11.3. The van der Waals surface area contributed by atoms with Crippen LogP contribution in [0.2, 0.25) is 0 Å². The molecule has 146 heavy (non-hydrogen) atoms. The molecular weight excluding hydrogens is 2360 g/mol. The van der Waals surface area contributed by atoms with Gasteiger partial charge in [-0.05, 0) is 294 Å². The molecule has 0 saturated carbocycles. The molecule has 19 aromatic rings. The summed E-state index contributed by atoms with van der Waals surface area (Å²) in [7, 11) is -1.99. The van der Waals surface area contributed by atoms with Gasteiger partial charge in [0.2, 0.25) is 0 Å². The lowest BCUT2D eigenvalue weighted by molar-refractivity contribution is -0.383. The van der Waals surface area contributed by atoms with Gasteiger partial charge in [0.05, 0.1) is 42.0 Å². The number of carbonyl (C=O) groups excluding carboxylic acids is 3. The average Bonchev–Trinajstić information content (AvgIpc) is 1.57. The number of nitro groups is 1. The van der Waals surface area contributed by atoms with Crippen molar-refractivity contribution in [1.82, 2.24) is 0 Å². The fourth-order valence-corrected chi connectivity index (χ4v) is 21.6. The first-order valence-electron chi connectivity index (χ1n) is 46.1. The number of esters is 2. The molecule has 1 radical (unpaired) electrons. The van der Waals surface area contributed by atoms with E-state index in [0.29, 0.717) is 30.8 Å². The van der Waals surface area contributed by atoms with Crippen molar-refractivity contribution in [2.75, 3.05) is 33.7 Å². The van der Waals surface area contributed by atoms with Crippen LogP contribution in [0.4, 0.5) is 5.69 Å². The second-order valence-corrected chi connectivity index (χ2v) is 43.5. The van der Waals surface area contributed by atoms with E-state index in [1.165, 1.54) is 150 Å². The van der Waals surface area contributed by atoms with Crippen LogP contribution in [0.15, 0.2) is 391 Å². The Morgan fingerprint density at radius 1 is 0.404 bits per heavy atom. The number of ketones is 1. The van der Waals surface area contributed by atoms with E-state index in [-0.39, 0.29) is 47.1 Å². The molecule has 4 N–H and O–H groups in total. The highest BCUT2D eigenvalue weighted by Crippen LogP contribution is 2.54. The van der Waals surface area contributed by atoms with E-state index in [2.05, 4.69) is 345 Å². The van der Waals surface area contributed by atoms with Gasteiger partial charge in [0, 0.05) is 82.6 Å². The van der Waals surface area contributed by atoms with Crippen molar-refractivity contribution in [3.63, 3.8) is 0 Å². The predicted octanol–water partition coefficient (Wildman–Crippen LogP) is 31.7. The third-order valence-electron chi connectivity index (χ3n) is 25.4. The summed E-state index contributed by atoms with van der Waals surface area (Å²) in [4.78, 5) is 45.0. The smallest absolute Gasteiger partial charge is 0.537 e. The summed E-state index contributed by atoms with van der Waals surface area (Å²) in [5, 5.41) is 50.8. The largest absolute Gasteiger partial charge is 0.569 e. The van der Waals surface area contributed by atoms with Crippen molar-refractivity contribution in [3.8, 4) is 61.4 Å². The number of benzene rings is 19. The van der Waals surface area contributed by atoms with E-state index >= 15 is 0 Å². The molecule has 0 aromatic heterocycles. The molecule has 0 bridgehead atoms. The van der Waals surface area contributed by atoms with Gasteiger partial charge in [-0.1, -0.05) is 379 Å². The Labute approximate surface area is 914 Å². The molecule has 4 aliphatic carbocycles. The molecule has 1 saturated heterocycles. The molecule has 16 nitrogen and oxygen atoms in total. The Kier molecular flexibility index (Phi) is 37.0. The van der Waals surface area contributed by atoms with Crippen LogP contribution in [0, 0.1) is 13.7 Å². The van der Waals surface area contributed by atoms with E-state index in [1.54, 1.807) is 12.1 Å². The number of nitro benzene ring substituents is 1. The summed E-state index contributed by atoms with van der Waals surface area (Å²) in [5.41, 5.74) is 23.7. The summed E-state index contributed by atoms with van der Waals surface area (Å²) in [6, 6.07) is 122. The first-order valence-corrected chi connectivity index (χ1v) is 53.7. The third kappa shape index (κ3) is 25.4. The van der Waals surface area contributed by atoms with E-state index in [1.807, 2.05) is 133 Å². The molecule has 5 aliphatic rings. The number of carbonyl (C=O) groups is 3. The Morgan fingerprint density at radius 3 is 1.25 bits per heavy atom. The first-order chi connectivity index (χ1) is 69.6. The molecule has 24 rings (SSSR count). The SMILES string of the molecule is Brc1ccc2c3c(ccc2c1)Cc1ccccc1-3.C.C1CCOC1.CC1(C)c2ccccc2-c2c1ccc1cc(Br)ccc21.CC1(C)c2ccccc2-c2c1ccc1cc(Br)ccc21.COC(=O)c1ccccc1-c1cccc2cc(Br)ccc12.COC(=O)c1ccccc1I.CS(=O)(=O)O.O=C1c2ccccc2-c2c1ccc1cc(Br)ccc21.O=[N+]([O-])c1ccccc1B(O)O.O[B]Oc1cccc2cc(Br)ccc12. The number of rotatable bonds is 7. The monoisotopic (exact) mass is 2450 g/mol. The maximum Gasteiger partial charge on any atom is 0.569 e. The van der Waals surface area contributed by atoms with Gasteiger partial charge in [0.15, 0.2) is 5.78 Å². The minimum absolute atomic E-state index is 0. The predicted molar refractivity (Wildman–Crippen MR) is 625 cm³/mol. The zero-order valence-corrected chi connectivity index (χ0v) is 92.1. The fourth-order valence-electron chi connectivity index (χ4n) is 18.8. The lowest BCUT2D eigenvalue weighted by atomic mass is 9.79. The third-order valence-corrected chi connectivity index (χ3v) is 29.3. The Hall–Kier alpha value is -12.0. The number of hydrogen-bond donors (Lipinski definition) is 4. The van der Waals surface area contributed by atoms with Crippen LogP contribution < -0.4 is 10.1 Å². The molecule has 1 heterocycles. The normalized spacial score (nSPS) is 12.5. The Morgan fingerprint density at radius 2 is 0.781 bits per heavy atom. The van der Waals surface area contributed by atoms with Gasteiger partial charge < -0.3 is 33.9 Å². The van der Waals surface area contributed by atoms with Gasteiger partial charge in [-0.3, -0.25) is 19.5 Å². The van der Waals surface area contributed by atoms with Crippen molar-refractivity contribution >= 4 is 237 Å². The number of para-hydroxylation sites is 1. The fraction of sp³-hybridized carbons (Fsp3) is 0.125. The van der Waals surface area contributed by atoms with Crippen LogP contribution in [-0.4, -0.2) is 99.2 Å². The molecule has 1 fully saturated rings. The van der Waals surface area contributed by atoms with E-state index in [0.717, 1.165) is 116 Å². The highest BCUT2D eigenvalue weighted by atomic mass is 127. The molecular formula is C120H99B2Br6INO15S. The van der Waals surface area contributed by atoms with Crippen LogP contribution in [0.5, 0.6) is 5.75 Å². The van der Waals surface area contributed by atoms with E-state index in [9.17, 15) is 32.9 Å². The standard InChI is InChI=1S/2C19H15Br.C18H13BrO2.C17H9BrO.C17H11Br.C10H7BBrO2.C8H7IO2.C6H6BNO4.C4H8O.CH4O3S.CH4/c2*1-19(2)16-6-4-3-5-15(16)18-14-9-8-13(20)11-12(14)7-10-17(18)19;1-21-18(20)17-7-3-2-6-16(17)15-8-4-5-12-11-13(19)9-10-14(12)15;18-11-6-8-12-10(9-11)5-7-15-16(12)13-3-1-2-4-14(13)17(15)19;18-14-7-8-16-12(10-14)5-6-13-9-11-3-1-2-4-15(11)17(13)16;12-8-4-5-9-7(6-8)2-1-3-10(9)14-11-13;1-11-8(10)6-4-2-3-5-7(6)9;9-7(10)5-3-1-2-4-6(5)8(11)12;1-2-4-5-3-1;1-5(2,3)4;/h2*3-11H,1-2H3;2-11H,1H3;1-9H;1-8,10H,9H2;1-6,13H;2-5H,1H3;1-4,9-10H;1-4H2;1H3,(H,2,3,4);1H4. The van der Waals surface area contributed by atoms with E-state index < -0.39 is 22.2 Å². The van der Waals surface area contributed by atoms with Crippen molar-refractivity contribution in [1.29, 1.82) is 0 Å². The number of halogens is 7. The lowest BCUT2D eigenvalue weighted by Gasteiger charge is -2.21. The quantitative estimate of drug-likeness (QED) is 0.0289. The van der Waals surface area contributed by atoms with Crippen molar-refractivity contribution in [2.24, 2.45) is 0 Å².